The predicted octanol–water partition coefficient (Wildman–Crippen LogP) is 4.07. The van der Waals surface area contributed by atoms with Crippen molar-refractivity contribution in [1.82, 2.24) is 9.97 Å². The zero-order valence-electron chi connectivity index (χ0n) is 9.42. The quantitative estimate of drug-likeness (QED) is 0.865. The summed E-state index contributed by atoms with van der Waals surface area (Å²) in [5.74, 6) is 0.565. The molecule has 0 atom stereocenters. The number of aromatic nitrogens is 2. The van der Waals surface area contributed by atoms with Crippen LogP contribution in [0.4, 0.5) is 5.82 Å². The lowest BCUT2D eigenvalue weighted by atomic mass is 10.3. The van der Waals surface area contributed by atoms with Crippen LogP contribution in [0.1, 0.15) is 15.3 Å². The van der Waals surface area contributed by atoms with Gasteiger partial charge in [-0.25, -0.2) is 4.98 Å². The molecule has 0 amide bonds. The number of aryl methyl sites for hydroxylation is 2. The molecule has 0 saturated carbocycles. The van der Waals surface area contributed by atoms with Crippen LogP contribution in [0.2, 0.25) is 10.3 Å². The third kappa shape index (κ3) is 3.09. The van der Waals surface area contributed by atoms with E-state index in [1.807, 2.05) is 0 Å². The van der Waals surface area contributed by atoms with E-state index in [4.69, 9.17) is 23.2 Å². The van der Waals surface area contributed by atoms with E-state index in [1.165, 1.54) is 21.5 Å². The molecule has 0 aliphatic heterocycles. The van der Waals surface area contributed by atoms with Gasteiger partial charge in [0.1, 0.15) is 10.8 Å². The van der Waals surface area contributed by atoms with Gasteiger partial charge in [-0.1, -0.05) is 11.6 Å². The normalized spacial score (nSPS) is 10.6. The summed E-state index contributed by atoms with van der Waals surface area (Å²) in [4.78, 5) is 10.4. The van der Waals surface area contributed by atoms with Crippen molar-refractivity contribution in [3.05, 3.63) is 37.9 Å². The zero-order valence-corrected chi connectivity index (χ0v) is 11.7. The van der Waals surface area contributed by atoms with Gasteiger partial charge in [-0.3, -0.25) is 0 Å². The van der Waals surface area contributed by atoms with Gasteiger partial charge in [0.2, 0.25) is 5.28 Å². The molecule has 0 radical (unpaired) electrons. The molecule has 2 rings (SSSR count). The number of thiophene rings is 1. The minimum absolute atomic E-state index is 0.190. The number of rotatable bonds is 3. The molecule has 0 unspecified atom stereocenters. The van der Waals surface area contributed by atoms with Crippen molar-refractivity contribution in [2.75, 3.05) is 5.32 Å². The van der Waals surface area contributed by atoms with Gasteiger partial charge in [0.15, 0.2) is 0 Å². The molecule has 0 aromatic carbocycles. The highest BCUT2D eigenvalue weighted by Crippen LogP contribution is 2.24. The van der Waals surface area contributed by atoms with Crippen LogP contribution in [0.15, 0.2) is 12.3 Å². The van der Waals surface area contributed by atoms with Gasteiger partial charge in [0, 0.05) is 9.75 Å². The third-order valence-electron chi connectivity index (χ3n) is 2.36. The average molecular weight is 288 g/mol. The molecule has 2 heterocycles. The molecule has 0 spiro atoms. The number of hydrogen-bond acceptors (Lipinski definition) is 4. The first-order chi connectivity index (χ1) is 8.06. The Morgan fingerprint density at radius 3 is 2.76 bits per heavy atom. The molecule has 2 aromatic heterocycles. The van der Waals surface area contributed by atoms with E-state index in [0.29, 0.717) is 17.4 Å². The molecule has 2 aromatic rings. The number of nitrogens with one attached hydrogen (secondary N) is 1. The van der Waals surface area contributed by atoms with Crippen molar-refractivity contribution in [1.29, 1.82) is 0 Å². The number of hydrogen-bond donors (Lipinski definition) is 1. The number of nitrogens with zero attached hydrogens (tertiary/aromatic N) is 2. The van der Waals surface area contributed by atoms with Crippen LogP contribution in [0.25, 0.3) is 0 Å². The van der Waals surface area contributed by atoms with E-state index in [-0.39, 0.29) is 5.28 Å². The zero-order chi connectivity index (χ0) is 12.4. The Hall–Kier alpha value is -0.840. The van der Waals surface area contributed by atoms with E-state index >= 15 is 0 Å². The van der Waals surface area contributed by atoms with Crippen molar-refractivity contribution >= 4 is 40.4 Å². The topological polar surface area (TPSA) is 37.8 Å². The highest BCUT2D eigenvalue weighted by Gasteiger charge is 2.06. The first-order valence-electron chi connectivity index (χ1n) is 5.04. The standard InChI is InChI=1S/C11H11Cl2N3S/c1-6-3-8(17-7(6)2)4-14-10-9(12)5-15-11(13)16-10/h3,5H,4H2,1-2H3,(H,14,15,16). The lowest BCUT2D eigenvalue weighted by molar-refractivity contribution is 1.10. The second-order valence-electron chi connectivity index (χ2n) is 3.64. The first kappa shape index (κ1) is 12.6. The second kappa shape index (κ2) is 5.21. The van der Waals surface area contributed by atoms with Crippen molar-refractivity contribution in [2.45, 2.75) is 20.4 Å². The van der Waals surface area contributed by atoms with E-state index in [1.54, 1.807) is 11.3 Å². The largest absolute Gasteiger partial charge is 0.364 e. The van der Waals surface area contributed by atoms with Gasteiger partial charge in [0.05, 0.1) is 12.7 Å². The highest BCUT2D eigenvalue weighted by atomic mass is 35.5. The summed E-state index contributed by atoms with van der Waals surface area (Å²) in [6, 6.07) is 2.16. The Balaban J connectivity index is 2.09. The van der Waals surface area contributed by atoms with Gasteiger partial charge in [-0.05, 0) is 37.1 Å². The molecular weight excluding hydrogens is 277 g/mol. The second-order valence-corrected chi connectivity index (χ2v) is 5.73. The van der Waals surface area contributed by atoms with Gasteiger partial charge < -0.3 is 5.32 Å². The summed E-state index contributed by atoms with van der Waals surface area (Å²) in [7, 11) is 0. The van der Waals surface area contributed by atoms with Crippen LogP contribution in [0.3, 0.4) is 0 Å². The monoisotopic (exact) mass is 287 g/mol. The van der Waals surface area contributed by atoms with Crippen molar-refractivity contribution < 1.29 is 0 Å². The molecule has 0 aliphatic rings. The molecular formula is C11H11Cl2N3S. The Bertz CT molecular complexity index is 520. The highest BCUT2D eigenvalue weighted by molar-refractivity contribution is 7.12. The minimum atomic E-state index is 0.190. The summed E-state index contributed by atoms with van der Waals surface area (Å²) in [6.45, 7) is 4.90. The van der Waals surface area contributed by atoms with Gasteiger partial charge in [-0.2, -0.15) is 4.98 Å². The molecule has 3 nitrogen and oxygen atoms in total. The van der Waals surface area contributed by atoms with Gasteiger partial charge >= 0.3 is 0 Å². The molecule has 17 heavy (non-hydrogen) atoms. The molecule has 0 fully saturated rings. The maximum absolute atomic E-state index is 5.96. The summed E-state index contributed by atoms with van der Waals surface area (Å²) >= 11 is 13.4. The summed E-state index contributed by atoms with van der Waals surface area (Å²) in [5.41, 5.74) is 1.30. The Kier molecular flexibility index (Phi) is 3.86. The summed E-state index contributed by atoms with van der Waals surface area (Å²) < 4.78 is 0. The lowest BCUT2D eigenvalue weighted by Crippen LogP contribution is -2.01. The van der Waals surface area contributed by atoms with E-state index in [0.717, 1.165) is 0 Å². The number of anilines is 1. The number of halogens is 2. The first-order valence-corrected chi connectivity index (χ1v) is 6.61. The maximum Gasteiger partial charge on any atom is 0.224 e. The predicted molar refractivity (Wildman–Crippen MR) is 73.2 cm³/mol. The molecule has 6 heteroatoms. The van der Waals surface area contributed by atoms with Crippen LogP contribution < -0.4 is 5.32 Å². The van der Waals surface area contributed by atoms with Crippen LogP contribution in [0, 0.1) is 13.8 Å². The molecule has 1 N–H and O–H groups in total. The van der Waals surface area contributed by atoms with Crippen LogP contribution >= 0.6 is 34.5 Å². The van der Waals surface area contributed by atoms with Gasteiger partial charge in [-0.15, -0.1) is 11.3 Å². The van der Waals surface area contributed by atoms with Crippen LogP contribution in [-0.2, 0) is 6.54 Å². The summed E-state index contributed by atoms with van der Waals surface area (Å²) in [6.07, 6.45) is 1.49. The van der Waals surface area contributed by atoms with E-state index in [9.17, 15) is 0 Å². The van der Waals surface area contributed by atoms with E-state index in [2.05, 4.69) is 35.2 Å². The fourth-order valence-electron chi connectivity index (χ4n) is 1.38. The summed E-state index contributed by atoms with van der Waals surface area (Å²) in [5, 5.41) is 3.82. The smallest absolute Gasteiger partial charge is 0.224 e. The third-order valence-corrected chi connectivity index (χ3v) is 3.97. The fraction of sp³-hybridized carbons (Fsp3) is 0.273. The van der Waals surface area contributed by atoms with Crippen molar-refractivity contribution in [3.63, 3.8) is 0 Å². The van der Waals surface area contributed by atoms with Crippen molar-refractivity contribution in [3.8, 4) is 0 Å². The molecule has 90 valence electrons. The Labute approximate surface area is 114 Å². The Morgan fingerprint density at radius 1 is 1.35 bits per heavy atom. The van der Waals surface area contributed by atoms with Gasteiger partial charge in [0.25, 0.3) is 0 Å². The maximum atomic E-state index is 5.96. The average Bonchev–Trinajstić information content (AvgIpc) is 2.60. The minimum Gasteiger partial charge on any atom is -0.364 e. The molecule has 0 bridgehead atoms. The van der Waals surface area contributed by atoms with Crippen LogP contribution in [-0.4, -0.2) is 9.97 Å². The SMILES string of the molecule is Cc1cc(CNc2nc(Cl)ncc2Cl)sc1C. The Morgan fingerprint density at radius 2 is 2.12 bits per heavy atom. The molecule has 0 saturated heterocycles. The van der Waals surface area contributed by atoms with E-state index < -0.39 is 0 Å². The van der Waals surface area contributed by atoms with Crippen LogP contribution in [0.5, 0.6) is 0 Å². The fourth-order valence-corrected chi connectivity index (χ4v) is 2.66. The van der Waals surface area contributed by atoms with Crippen molar-refractivity contribution in [2.24, 2.45) is 0 Å². The molecule has 0 aliphatic carbocycles. The lowest BCUT2D eigenvalue weighted by Gasteiger charge is -2.05.